The van der Waals surface area contributed by atoms with E-state index >= 15 is 0 Å². The molecule has 2 heterocycles. The lowest BCUT2D eigenvalue weighted by Gasteiger charge is -2.26. The summed E-state index contributed by atoms with van der Waals surface area (Å²) in [5.74, 6) is 0.787. The Balaban J connectivity index is 1.61. The maximum Gasteiger partial charge on any atom is 0.0798 e. The van der Waals surface area contributed by atoms with Crippen LogP contribution in [0, 0.1) is 0 Å². The molecule has 100 valence electrons. The van der Waals surface area contributed by atoms with Crippen molar-refractivity contribution in [1.29, 1.82) is 0 Å². The fourth-order valence-electron chi connectivity index (χ4n) is 2.88. The minimum absolute atomic E-state index is 0.745. The molecule has 3 nitrogen and oxygen atoms in total. The minimum atomic E-state index is 0.745. The van der Waals surface area contributed by atoms with Gasteiger partial charge in [0.05, 0.1) is 11.2 Å². The molecule has 0 bridgehead atoms. The molecule has 1 aliphatic heterocycles. The first-order chi connectivity index (χ1) is 8.84. The van der Waals surface area contributed by atoms with E-state index in [4.69, 9.17) is 0 Å². The molecule has 18 heavy (non-hydrogen) atoms. The van der Waals surface area contributed by atoms with E-state index in [1.54, 1.807) is 0 Å². The molecule has 3 rings (SSSR count). The predicted octanol–water partition coefficient (Wildman–Crippen LogP) is 2.59. The summed E-state index contributed by atoms with van der Waals surface area (Å²) in [5, 5.41) is 3.49. The second-order valence-corrected chi connectivity index (χ2v) is 6.62. The topological polar surface area (TPSA) is 28.2 Å². The van der Waals surface area contributed by atoms with E-state index in [1.165, 1.54) is 55.8 Å². The van der Waals surface area contributed by atoms with Crippen molar-refractivity contribution in [2.75, 3.05) is 20.1 Å². The van der Waals surface area contributed by atoms with Crippen LogP contribution < -0.4 is 5.32 Å². The Hall–Kier alpha value is -0.450. The summed E-state index contributed by atoms with van der Waals surface area (Å²) in [5.41, 5.74) is 3.43. The third-order valence-electron chi connectivity index (χ3n) is 4.20. The van der Waals surface area contributed by atoms with Crippen LogP contribution in [-0.4, -0.2) is 36.1 Å². The number of hydrogen-bond acceptors (Lipinski definition) is 4. The van der Waals surface area contributed by atoms with Crippen LogP contribution in [0.1, 0.15) is 48.6 Å². The SMILES string of the molecule is CN(Cc1scnc1C1CC1)C1CCCNCC1. The zero-order valence-electron chi connectivity index (χ0n) is 11.2. The van der Waals surface area contributed by atoms with Gasteiger partial charge in [-0.2, -0.15) is 0 Å². The highest BCUT2D eigenvalue weighted by atomic mass is 32.1. The first-order valence-corrected chi connectivity index (χ1v) is 8.06. The maximum absolute atomic E-state index is 4.57. The van der Waals surface area contributed by atoms with Crippen molar-refractivity contribution in [2.45, 2.75) is 50.6 Å². The van der Waals surface area contributed by atoms with Gasteiger partial charge in [-0.25, -0.2) is 4.98 Å². The van der Waals surface area contributed by atoms with Gasteiger partial charge in [-0.1, -0.05) is 0 Å². The minimum Gasteiger partial charge on any atom is -0.317 e. The van der Waals surface area contributed by atoms with Gasteiger partial charge in [-0.05, 0) is 52.2 Å². The lowest BCUT2D eigenvalue weighted by Crippen LogP contribution is -2.32. The van der Waals surface area contributed by atoms with Gasteiger partial charge in [-0.15, -0.1) is 11.3 Å². The summed E-state index contributed by atoms with van der Waals surface area (Å²) in [6.07, 6.45) is 6.64. The van der Waals surface area contributed by atoms with Crippen molar-refractivity contribution in [3.63, 3.8) is 0 Å². The Labute approximate surface area is 114 Å². The number of hydrogen-bond donors (Lipinski definition) is 1. The van der Waals surface area contributed by atoms with E-state index in [1.807, 2.05) is 16.8 Å². The van der Waals surface area contributed by atoms with Crippen molar-refractivity contribution in [2.24, 2.45) is 0 Å². The molecule has 0 amide bonds. The smallest absolute Gasteiger partial charge is 0.0798 e. The fourth-order valence-corrected chi connectivity index (χ4v) is 3.80. The standard InChI is InChI=1S/C14H23N3S/c1-17(12-3-2-7-15-8-6-12)9-13-14(11-4-5-11)16-10-18-13/h10-12,15H,2-9H2,1H3. The van der Waals surface area contributed by atoms with Gasteiger partial charge in [0.2, 0.25) is 0 Å². The van der Waals surface area contributed by atoms with Gasteiger partial charge in [0.25, 0.3) is 0 Å². The van der Waals surface area contributed by atoms with Crippen LogP contribution >= 0.6 is 11.3 Å². The zero-order valence-corrected chi connectivity index (χ0v) is 12.0. The van der Waals surface area contributed by atoms with Gasteiger partial charge >= 0.3 is 0 Å². The van der Waals surface area contributed by atoms with Gasteiger partial charge in [-0.3, -0.25) is 4.90 Å². The molecule has 0 radical (unpaired) electrons. The van der Waals surface area contributed by atoms with Gasteiger partial charge in [0.1, 0.15) is 0 Å². The second kappa shape index (κ2) is 5.68. The fraction of sp³-hybridized carbons (Fsp3) is 0.786. The van der Waals surface area contributed by atoms with Crippen LogP contribution in [0.25, 0.3) is 0 Å². The van der Waals surface area contributed by atoms with Crippen LogP contribution in [-0.2, 0) is 6.54 Å². The van der Waals surface area contributed by atoms with Gasteiger partial charge in [0.15, 0.2) is 0 Å². The molecule has 1 saturated heterocycles. The van der Waals surface area contributed by atoms with Crippen molar-refractivity contribution < 1.29 is 0 Å². The van der Waals surface area contributed by atoms with E-state index in [0.717, 1.165) is 18.5 Å². The van der Waals surface area contributed by atoms with E-state index < -0.39 is 0 Å². The summed E-state index contributed by atoms with van der Waals surface area (Å²) in [6.45, 7) is 3.46. The maximum atomic E-state index is 4.57. The Morgan fingerprint density at radius 2 is 2.22 bits per heavy atom. The third-order valence-corrected chi connectivity index (χ3v) is 5.03. The molecule has 1 N–H and O–H groups in total. The van der Waals surface area contributed by atoms with Gasteiger partial charge in [0, 0.05) is 23.4 Å². The lowest BCUT2D eigenvalue weighted by molar-refractivity contribution is 0.218. The largest absolute Gasteiger partial charge is 0.317 e. The van der Waals surface area contributed by atoms with Crippen LogP contribution in [0.4, 0.5) is 0 Å². The molecule has 1 saturated carbocycles. The van der Waals surface area contributed by atoms with E-state index in [9.17, 15) is 0 Å². The Kier molecular flexibility index (Phi) is 3.97. The monoisotopic (exact) mass is 265 g/mol. The number of thiazole rings is 1. The summed E-state index contributed by atoms with van der Waals surface area (Å²) >= 11 is 1.85. The molecule has 1 aromatic rings. The van der Waals surface area contributed by atoms with E-state index in [2.05, 4.69) is 22.2 Å². The molecule has 2 aliphatic rings. The number of rotatable bonds is 4. The van der Waals surface area contributed by atoms with Crippen LogP contribution in [0.5, 0.6) is 0 Å². The molecular weight excluding hydrogens is 242 g/mol. The van der Waals surface area contributed by atoms with Crippen LogP contribution in [0.3, 0.4) is 0 Å². The molecule has 1 aliphatic carbocycles. The molecular formula is C14H23N3S. The highest BCUT2D eigenvalue weighted by Crippen LogP contribution is 2.42. The summed E-state index contributed by atoms with van der Waals surface area (Å²) in [6, 6.07) is 0.745. The Morgan fingerprint density at radius 1 is 1.33 bits per heavy atom. The predicted molar refractivity (Wildman–Crippen MR) is 76.1 cm³/mol. The van der Waals surface area contributed by atoms with Crippen LogP contribution in [0.15, 0.2) is 5.51 Å². The Morgan fingerprint density at radius 3 is 3.06 bits per heavy atom. The van der Waals surface area contributed by atoms with Crippen molar-refractivity contribution >= 4 is 11.3 Å². The molecule has 1 unspecified atom stereocenters. The molecule has 1 atom stereocenters. The average molecular weight is 265 g/mol. The number of aromatic nitrogens is 1. The highest BCUT2D eigenvalue weighted by molar-refractivity contribution is 7.09. The summed E-state index contributed by atoms with van der Waals surface area (Å²) < 4.78 is 0. The van der Waals surface area contributed by atoms with Gasteiger partial charge < -0.3 is 5.32 Å². The van der Waals surface area contributed by atoms with Crippen LogP contribution in [0.2, 0.25) is 0 Å². The first-order valence-electron chi connectivity index (χ1n) is 7.18. The molecule has 4 heteroatoms. The summed E-state index contributed by atoms with van der Waals surface area (Å²) in [4.78, 5) is 8.63. The number of nitrogens with one attached hydrogen (secondary N) is 1. The molecule has 1 aromatic heterocycles. The third kappa shape index (κ3) is 2.92. The van der Waals surface area contributed by atoms with E-state index in [0.29, 0.717) is 0 Å². The zero-order chi connectivity index (χ0) is 12.4. The first kappa shape index (κ1) is 12.6. The summed E-state index contributed by atoms with van der Waals surface area (Å²) in [7, 11) is 2.28. The van der Waals surface area contributed by atoms with E-state index in [-0.39, 0.29) is 0 Å². The Bertz CT molecular complexity index is 378. The van der Waals surface area contributed by atoms with Crippen molar-refractivity contribution in [3.05, 3.63) is 16.1 Å². The second-order valence-electron chi connectivity index (χ2n) is 5.68. The highest BCUT2D eigenvalue weighted by Gasteiger charge is 2.29. The normalized spacial score (nSPS) is 25.3. The molecule has 2 fully saturated rings. The molecule has 0 spiro atoms. The van der Waals surface area contributed by atoms with Crippen molar-refractivity contribution in [3.8, 4) is 0 Å². The quantitative estimate of drug-likeness (QED) is 0.907. The lowest BCUT2D eigenvalue weighted by atomic mass is 10.1. The molecule has 0 aromatic carbocycles. The number of nitrogens with zero attached hydrogens (tertiary/aromatic N) is 2. The van der Waals surface area contributed by atoms with Crippen molar-refractivity contribution in [1.82, 2.24) is 15.2 Å². The average Bonchev–Trinajstić information content (AvgIpc) is 3.16.